The number of fused-ring (bicyclic) bond motifs is 2. The van der Waals surface area contributed by atoms with Crippen LogP contribution in [0.4, 0.5) is 0 Å². The summed E-state index contributed by atoms with van der Waals surface area (Å²) in [5, 5.41) is 52.3. The Morgan fingerprint density at radius 3 is 1.34 bits per heavy atom. The number of carbonyl (C=O) groups is 9. The molecule has 4 fully saturated rings. The smallest absolute Gasteiger partial charge is 0.255 e. The number of likely N-dealkylation sites (tertiary alicyclic amines) is 3. The minimum absolute atomic E-state index is 0.0244. The molecular formula is C90H99N13O12S3. The SMILES string of the molecule is Cc1ncsc1-c1ccc(CNC(=O)[C@@H]2C[C@@H](O)CN2C(=O)[C@@H](NC(=O)c2ccccc2)C(C)(C)C)cc1.Cc1ncsc1-c1ccc(CNC(=O)[C@@H]2C[C@@H](O)CN2C(=O)[C@H](C(C)C)N2Cc3cc(C#N)ccc3C2=O)cc1.Cc1ncsc1-c1ccc(CNC(=O)[C@@H]2C[C@@H](O)CN2C(=O)[C@H](C2CCCC2)N2Cc3ccccc3C2=O)cc1. The molecule has 614 valence electrons. The first-order valence-corrected chi connectivity index (χ1v) is 42.6. The van der Waals surface area contributed by atoms with E-state index < -0.39 is 60.0 Å². The molecule has 9 amide bonds. The van der Waals surface area contributed by atoms with Gasteiger partial charge in [0.15, 0.2) is 0 Å². The quantitative estimate of drug-likeness (QED) is 0.0351. The van der Waals surface area contributed by atoms with Gasteiger partial charge in [0.05, 0.1) is 78.2 Å². The highest BCUT2D eigenvalue weighted by Gasteiger charge is 2.50. The molecule has 0 spiro atoms. The molecule has 1 saturated carbocycles. The number of hydrogen-bond donors (Lipinski definition) is 7. The Morgan fingerprint density at radius 1 is 0.517 bits per heavy atom. The van der Waals surface area contributed by atoms with Crippen molar-refractivity contribution >= 4 is 87.2 Å². The highest BCUT2D eigenvalue weighted by molar-refractivity contribution is 7.14. The van der Waals surface area contributed by atoms with Crippen molar-refractivity contribution in [2.75, 3.05) is 19.6 Å². The normalized spacial score (nSPS) is 19.6. The number of nitrogens with zero attached hydrogens (tertiary/aromatic N) is 9. The lowest BCUT2D eigenvalue weighted by molar-refractivity contribution is -0.143. The number of aliphatic hydroxyl groups is 3. The van der Waals surface area contributed by atoms with E-state index in [0.29, 0.717) is 47.5 Å². The number of thiazole rings is 3. The Morgan fingerprint density at radius 2 is 0.924 bits per heavy atom. The number of benzene rings is 6. The van der Waals surface area contributed by atoms with Gasteiger partial charge in [-0.25, -0.2) is 15.0 Å². The molecule has 8 heterocycles. The highest BCUT2D eigenvalue weighted by atomic mass is 32.1. The van der Waals surface area contributed by atoms with Crippen LogP contribution < -0.4 is 21.3 Å². The summed E-state index contributed by atoms with van der Waals surface area (Å²) in [4.78, 5) is 145. The van der Waals surface area contributed by atoms with Crippen LogP contribution in [-0.4, -0.2) is 182 Å². The van der Waals surface area contributed by atoms with Crippen molar-refractivity contribution in [3.8, 4) is 37.4 Å². The van der Waals surface area contributed by atoms with Gasteiger partial charge < -0.3 is 61.1 Å². The zero-order chi connectivity index (χ0) is 83.8. The average molecular weight is 1650 g/mol. The maximum Gasteiger partial charge on any atom is 0.255 e. The van der Waals surface area contributed by atoms with Crippen molar-refractivity contribution in [3.05, 3.63) is 229 Å². The van der Waals surface area contributed by atoms with Gasteiger partial charge in [-0.3, -0.25) is 43.2 Å². The van der Waals surface area contributed by atoms with E-state index in [9.17, 15) is 63.7 Å². The maximum absolute atomic E-state index is 14.2. The summed E-state index contributed by atoms with van der Waals surface area (Å²) >= 11 is 4.76. The Kier molecular flexibility index (Phi) is 26.7. The van der Waals surface area contributed by atoms with Crippen LogP contribution in [0.15, 0.2) is 162 Å². The number of amides is 9. The second kappa shape index (κ2) is 37.2. The van der Waals surface area contributed by atoms with Gasteiger partial charge in [-0.1, -0.05) is 157 Å². The van der Waals surface area contributed by atoms with E-state index in [1.54, 1.807) is 81.4 Å². The fraction of sp³-hybridized carbons (Fsp3) is 0.389. The molecule has 3 aromatic heterocycles. The lowest BCUT2D eigenvalue weighted by Gasteiger charge is -2.36. The fourth-order valence-electron chi connectivity index (χ4n) is 16.6. The first-order chi connectivity index (χ1) is 56.6. The molecule has 25 nitrogen and oxygen atoms in total. The zero-order valence-corrected chi connectivity index (χ0v) is 69.8. The number of hydrogen-bond acceptors (Lipinski definition) is 19. The second-order valence-electron chi connectivity index (χ2n) is 32.6. The van der Waals surface area contributed by atoms with Gasteiger partial charge in [0, 0.05) is 88.3 Å². The predicted molar refractivity (Wildman–Crippen MR) is 450 cm³/mol. The standard InChI is InChI=1S/C31H34N4O4S.C30H31N5O4S.C29H34N4O4S/c1-19-28(40-18-33-19)22-12-10-20(11-13-22)15-32-29(37)26-14-24(36)17-34(26)31(39)27(21-6-2-3-7-21)35-16-23-8-4-5-9-25(23)30(35)38;1-17(2)26(35-14-22-10-20(12-31)6-9-24(22)29(35)38)30(39)34-15-23(36)11-25(34)28(37)32-13-19-4-7-21(8-5-19)27-18(3)33-16-40-27;1-18-24(38-17-31-18)20-12-10-19(11-13-20)15-30-27(36)23-14-22(34)16-33(23)28(37)25(29(2,3)4)32-26(35)21-8-6-5-7-9-21/h4-5,8-13,18,21,24,26-27,36H,2-3,6-7,14-17H2,1H3,(H,32,37);4-10,16-17,23,25-26,36H,11,13-15H2,1-3H3,(H,32,37);5-13,17,22-23,25,34H,14-16H2,1-4H3,(H,30,36)(H,32,35)/t24-,26+,27+;23-,25+,26+;22-,23+,25-/m111/s1. The molecule has 7 N–H and O–H groups in total. The topological polar surface area (TPSA) is 341 Å². The molecular weight excluding hydrogens is 1550 g/mol. The van der Waals surface area contributed by atoms with E-state index in [1.165, 1.54) is 19.6 Å². The van der Waals surface area contributed by atoms with E-state index in [-0.39, 0.29) is 117 Å². The number of β-amino-alcohol motifs (C(OH)–C–C–N with tert-alkyl or cyclic N) is 3. The first-order valence-electron chi connectivity index (χ1n) is 40.0. The van der Waals surface area contributed by atoms with Gasteiger partial charge in [-0.2, -0.15) is 5.26 Å². The number of nitriles is 1. The molecule has 118 heavy (non-hydrogen) atoms. The molecule has 6 aliphatic rings. The van der Waals surface area contributed by atoms with E-state index in [4.69, 9.17) is 0 Å². The van der Waals surface area contributed by atoms with Crippen molar-refractivity contribution in [1.82, 2.24) is 60.7 Å². The Bertz CT molecular complexity index is 5210. The van der Waals surface area contributed by atoms with Crippen LogP contribution in [0, 0.1) is 49.4 Å². The maximum atomic E-state index is 14.2. The molecule has 15 rings (SSSR count). The largest absolute Gasteiger partial charge is 0.391 e. The van der Waals surface area contributed by atoms with Crippen LogP contribution in [0.25, 0.3) is 31.3 Å². The molecule has 0 radical (unpaired) electrons. The third kappa shape index (κ3) is 19.2. The van der Waals surface area contributed by atoms with Crippen molar-refractivity contribution in [2.24, 2.45) is 17.3 Å². The molecule has 9 atom stereocenters. The number of rotatable bonds is 21. The van der Waals surface area contributed by atoms with E-state index >= 15 is 0 Å². The summed E-state index contributed by atoms with van der Waals surface area (Å²) in [6.45, 7) is 16.9. The van der Waals surface area contributed by atoms with Gasteiger partial charge in [0.1, 0.15) is 36.3 Å². The van der Waals surface area contributed by atoms with Gasteiger partial charge >= 0.3 is 0 Å². The minimum atomic E-state index is -0.876. The minimum Gasteiger partial charge on any atom is -0.391 e. The van der Waals surface area contributed by atoms with Crippen LogP contribution in [-0.2, 0) is 61.5 Å². The summed E-state index contributed by atoms with van der Waals surface area (Å²) in [7, 11) is 0. The van der Waals surface area contributed by atoms with Crippen molar-refractivity contribution in [2.45, 2.75) is 188 Å². The van der Waals surface area contributed by atoms with Gasteiger partial charge in [0.25, 0.3) is 17.7 Å². The number of aromatic nitrogens is 3. The fourth-order valence-corrected chi connectivity index (χ4v) is 19.1. The summed E-state index contributed by atoms with van der Waals surface area (Å²) in [5.74, 6) is -2.89. The van der Waals surface area contributed by atoms with Crippen molar-refractivity contribution in [1.29, 1.82) is 5.26 Å². The summed E-state index contributed by atoms with van der Waals surface area (Å²) in [6.07, 6.45) is 1.83. The van der Waals surface area contributed by atoms with Gasteiger partial charge in [-0.05, 0) is 132 Å². The van der Waals surface area contributed by atoms with Gasteiger partial charge in [0.2, 0.25) is 35.4 Å². The Balaban J connectivity index is 0.000000154. The molecule has 28 heteroatoms. The third-order valence-electron chi connectivity index (χ3n) is 22.9. The molecule has 1 aliphatic carbocycles. The monoisotopic (exact) mass is 1650 g/mol. The first kappa shape index (κ1) is 84.7. The summed E-state index contributed by atoms with van der Waals surface area (Å²) in [5.41, 5.74) is 17.4. The van der Waals surface area contributed by atoms with Gasteiger partial charge in [-0.15, -0.1) is 34.0 Å². The molecule has 6 aromatic carbocycles. The van der Waals surface area contributed by atoms with Crippen LogP contribution in [0.2, 0.25) is 0 Å². The lowest BCUT2D eigenvalue weighted by Crippen LogP contribution is -2.57. The van der Waals surface area contributed by atoms with Crippen LogP contribution in [0.1, 0.15) is 161 Å². The van der Waals surface area contributed by atoms with E-state index in [0.717, 1.165) is 96.3 Å². The van der Waals surface area contributed by atoms with Crippen molar-refractivity contribution in [3.63, 3.8) is 0 Å². The van der Waals surface area contributed by atoms with Crippen LogP contribution in [0.5, 0.6) is 0 Å². The number of nitrogens with one attached hydrogen (secondary N) is 4. The van der Waals surface area contributed by atoms with E-state index in [1.807, 2.05) is 175 Å². The zero-order valence-electron chi connectivity index (χ0n) is 67.3. The van der Waals surface area contributed by atoms with Crippen LogP contribution in [0.3, 0.4) is 0 Å². The Hall–Kier alpha value is -11.2. The molecule has 0 unspecified atom stereocenters. The summed E-state index contributed by atoms with van der Waals surface area (Å²) in [6, 6.07) is 42.2. The highest BCUT2D eigenvalue weighted by Crippen LogP contribution is 2.39. The number of aryl methyl sites for hydroxylation is 3. The van der Waals surface area contributed by atoms with Crippen molar-refractivity contribution < 1.29 is 58.5 Å². The Labute approximate surface area is 698 Å². The van der Waals surface area contributed by atoms with E-state index in [2.05, 4.69) is 42.3 Å². The number of aliphatic hydroxyl groups excluding tert-OH is 3. The third-order valence-corrected chi connectivity index (χ3v) is 25.8. The molecule has 0 bridgehead atoms. The summed E-state index contributed by atoms with van der Waals surface area (Å²) < 4.78 is 0. The molecule has 3 saturated heterocycles. The molecule has 5 aliphatic heterocycles. The average Bonchev–Trinajstić information content (AvgIpc) is 1.63. The predicted octanol–water partition coefficient (Wildman–Crippen LogP) is 10.7. The number of carbonyl (C=O) groups excluding carboxylic acids is 9. The second-order valence-corrected chi connectivity index (χ2v) is 35.1. The lowest BCUT2D eigenvalue weighted by atomic mass is 9.85. The van der Waals surface area contributed by atoms with Crippen LogP contribution >= 0.6 is 34.0 Å². The molecule has 9 aromatic rings.